The number of rotatable bonds is 11. The van der Waals surface area contributed by atoms with Crippen molar-refractivity contribution in [1.29, 1.82) is 0 Å². The second kappa shape index (κ2) is 12.2. The summed E-state index contributed by atoms with van der Waals surface area (Å²) in [7, 11) is -4.71. The van der Waals surface area contributed by atoms with Crippen LogP contribution in [0.2, 0.25) is 0 Å². The fourth-order valence-electron chi connectivity index (χ4n) is 2.94. The number of carbonyl (C=O) groups excluding carboxylic acids is 3. The fraction of sp³-hybridized carbons (Fsp3) is 0.550. The first-order chi connectivity index (χ1) is 15.1. The molecule has 1 fully saturated rings. The van der Waals surface area contributed by atoms with Crippen molar-refractivity contribution in [3.63, 3.8) is 0 Å². The number of unbranched alkanes of at least 4 members (excludes halogenated alkanes) is 1. The Morgan fingerprint density at radius 1 is 1.31 bits per heavy atom. The molecule has 0 amide bonds. The quantitative estimate of drug-likeness (QED) is 0.0886. The highest BCUT2D eigenvalue weighted by Gasteiger charge is 2.49. The normalized spacial score (nSPS) is 20.6. The number of nitrogens with two attached hydrogens (primary N) is 1. The Balaban J connectivity index is 2.10. The van der Waals surface area contributed by atoms with E-state index in [0.717, 1.165) is 6.42 Å². The van der Waals surface area contributed by atoms with E-state index in [2.05, 4.69) is 5.32 Å². The van der Waals surface area contributed by atoms with Crippen molar-refractivity contribution < 1.29 is 37.8 Å². The highest BCUT2D eigenvalue weighted by molar-refractivity contribution is 14.1. The molecule has 0 radical (unpaired) electrons. The standard InChI is InChI=1S/C20H28IN2O8P/c1-20(21,30-17(24)14-8-3-2-4-9-14)32(27,28)31-16(11-5-6-12-22)19(26)29-18(25)15-10-7-13-23-15/h2-4,8-9,15-16,23H,5-7,10-13,22H2,1H3,(H,27,28)/t15-,16?,20?/m0/s1. The van der Waals surface area contributed by atoms with Crippen LogP contribution in [0.5, 0.6) is 0 Å². The average Bonchev–Trinajstić information content (AvgIpc) is 3.28. The molecule has 178 valence electrons. The lowest BCUT2D eigenvalue weighted by Crippen LogP contribution is -2.38. The minimum atomic E-state index is -4.71. The smallest absolute Gasteiger partial charge is 0.382 e. The second-order valence-corrected chi connectivity index (χ2v) is 12.4. The van der Waals surface area contributed by atoms with Crippen molar-refractivity contribution in [1.82, 2.24) is 5.32 Å². The third-order valence-electron chi connectivity index (χ3n) is 4.79. The molecular formula is C20H28IN2O8P. The van der Waals surface area contributed by atoms with E-state index in [-0.39, 0.29) is 12.0 Å². The SMILES string of the molecule is CC(I)(OC(=O)c1ccccc1)P(=O)(O)OC(CCCCN)C(=O)OC(=O)[C@@H]1CCCN1. The van der Waals surface area contributed by atoms with Gasteiger partial charge >= 0.3 is 25.5 Å². The van der Waals surface area contributed by atoms with Crippen molar-refractivity contribution in [2.75, 3.05) is 13.1 Å². The van der Waals surface area contributed by atoms with E-state index in [0.29, 0.717) is 32.4 Å². The van der Waals surface area contributed by atoms with Crippen molar-refractivity contribution in [2.45, 2.75) is 54.5 Å². The summed E-state index contributed by atoms with van der Waals surface area (Å²) >= 11 is 1.49. The molecule has 32 heavy (non-hydrogen) atoms. The van der Waals surface area contributed by atoms with Gasteiger partial charge in [-0.15, -0.1) is 0 Å². The highest BCUT2D eigenvalue weighted by atomic mass is 127. The van der Waals surface area contributed by atoms with Gasteiger partial charge < -0.3 is 25.4 Å². The molecule has 4 N–H and O–H groups in total. The third-order valence-corrected chi connectivity index (χ3v) is 8.48. The maximum Gasteiger partial charge on any atom is 0.382 e. The van der Waals surface area contributed by atoms with E-state index in [1.807, 2.05) is 0 Å². The molecule has 3 unspecified atom stereocenters. The van der Waals surface area contributed by atoms with Crippen molar-refractivity contribution in [3.8, 4) is 0 Å². The summed E-state index contributed by atoms with van der Waals surface area (Å²) in [5, 5.41) is 2.92. The molecule has 1 aromatic carbocycles. The zero-order chi connectivity index (χ0) is 23.8. The summed E-state index contributed by atoms with van der Waals surface area (Å²) in [6.07, 6.45) is 0.734. The first-order valence-corrected chi connectivity index (χ1v) is 12.9. The number of hydrogen-bond donors (Lipinski definition) is 3. The first-order valence-electron chi connectivity index (χ1n) is 10.2. The van der Waals surface area contributed by atoms with Crippen LogP contribution in [0.1, 0.15) is 49.4 Å². The fourth-order valence-corrected chi connectivity index (χ4v) is 4.40. The van der Waals surface area contributed by atoms with Crippen LogP contribution < -0.4 is 11.1 Å². The van der Waals surface area contributed by atoms with E-state index < -0.39 is 41.0 Å². The number of hydrogen-bond acceptors (Lipinski definition) is 9. The van der Waals surface area contributed by atoms with Gasteiger partial charge in [-0.1, -0.05) is 18.2 Å². The van der Waals surface area contributed by atoms with Crippen LogP contribution in [-0.2, 0) is 28.2 Å². The van der Waals surface area contributed by atoms with E-state index >= 15 is 0 Å². The van der Waals surface area contributed by atoms with Crippen molar-refractivity contribution in [2.24, 2.45) is 5.73 Å². The average molecular weight is 582 g/mol. The van der Waals surface area contributed by atoms with Gasteiger partial charge in [-0.2, -0.15) is 0 Å². The number of esters is 3. The minimum Gasteiger partial charge on any atom is -0.432 e. The summed E-state index contributed by atoms with van der Waals surface area (Å²) in [5.74, 6) is -2.66. The molecule has 4 atom stereocenters. The van der Waals surface area contributed by atoms with Crippen LogP contribution in [0.3, 0.4) is 0 Å². The molecule has 0 aliphatic carbocycles. The Hall–Kier alpha value is -1.37. The zero-order valence-electron chi connectivity index (χ0n) is 17.7. The van der Waals surface area contributed by atoms with Crippen molar-refractivity contribution >= 4 is 48.1 Å². The molecule has 2 rings (SSSR count). The number of ether oxygens (including phenoxy) is 2. The molecule has 1 heterocycles. The third kappa shape index (κ3) is 7.60. The molecule has 1 aromatic rings. The van der Waals surface area contributed by atoms with Crippen molar-refractivity contribution in [3.05, 3.63) is 35.9 Å². The van der Waals surface area contributed by atoms with Gasteiger partial charge in [0.25, 0.3) is 3.35 Å². The molecular weight excluding hydrogens is 554 g/mol. The predicted octanol–water partition coefficient (Wildman–Crippen LogP) is 2.47. The molecule has 1 aliphatic heterocycles. The van der Waals surface area contributed by atoms with Crippen LogP contribution in [0.15, 0.2) is 30.3 Å². The Labute approximate surface area is 200 Å². The van der Waals surface area contributed by atoms with Crippen LogP contribution >= 0.6 is 30.2 Å². The molecule has 0 aromatic heterocycles. The molecule has 12 heteroatoms. The summed E-state index contributed by atoms with van der Waals surface area (Å²) in [4.78, 5) is 47.7. The molecule has 0 bridgehead atoms. The summed E-state index contributed by atoms with van der Waals surface area (Å²) in [6, 6.07) is 7.33. The van der Waals surface area contributed by atoms with Gasteiger partial charge in [-0.3, -0.25) is 9.09 Å². The maximum atomic E-state index is 13.0. The Bertz CT molecular complexity index is 845. The van der Waals surface area contributed by atoms with Gasteiger partial charge in [0.15, 0.2) is 6.10 Å². The molecule has 0 saturated carbocycles. The number of halogens is 1. The van der Waals surface area contributed by atoms with Crippen LogP contribution in [0, 0.1) is 0 Å². The Morgan fingerprint density at radius 3 is 2.59 bits per heavy atom. The largest absolute Gasteiger partial charge is 0.432 e. The summed E-state index contributed by atoms with van der Waals surface area (Å²) in [5.41, 5.74) is 5.66. The van der Waals surface area contributed by atoms with Crippen LogP contribution in [0.4, 0.5) is 0 Å². The van der Waals surface area contributed by atoms with Gasteiger partial charge in [0.2, 0.25) is 0 Å². The predicted molar refractivity (Wildman–Crippen MR) is 124 cm³/mol. The lowest BCUT2D eigenvalue weighted by molar-refractivity contribution is -0.166. The van der Waals surface area contributed by atoms with E-state index in [9.17, 15) is 23.8 Å². The van der Waals surface area contributed by atoms with Gasteiger partial charge in [-0.25, -0.2) is 14.4 Å². The van der Waals surface area contributed by atoms with Gasteiger partial charge in [0.1, 0.15) is 6.04 Å². The zero-order valence-corrected chi connectivity index (χ0v) is 20.8. The van der Waals surface area contributed by atoms with Gasteiger partial charge in [-0.05, 0) is 86.8 Å². The highest BCUT2D eigenvalue weighted by Crippen LogP contribution is 2.61. The van der Waals surface area contributed by atoms with E-state index in [4.69, 9.17) is 19.7 Å². The summed E-state index contributed by atoms with van der Waals surface area (Å²) in [6.45, 7) is 2.18. The first kappa shape index (κ1) is 26.9. The lowest BCUT2D eigenvalue weighted by atomic mass is 10.1. The number of alkyl halides is 1. The molecule has 1 aliphatic rings. The van der Waals surface area contributed by atoms with Crippen LogP contribution in [0.25, 0.3) is 0 Å². The van der Waals surface area contributed by atoms with Gasteiger partial charge in [0, 0.05) is 0 Å². The number of benzene rings is 1. The Morgan fingerprint density at radius 2 is 2.00 bits per heavy atom. The lowest BCUT2D eigenvalue weighted by Gasteiger charge is -2.29. The topological polar surface area (TPSA) is 154 Å². The maximum absolute atomic E-state index is 13.0. The molecule has 10 nitrogen and oxygen atoms in total. The van der Waals surface area contributed by atoms with E-state index in [1.54, 1.807) is 18.2 Å². The number of nitrogens with one attached hydrogen (secondary N) is 1. The van der Waals surface area contributed by atoms with E-state index in [1.165, 1.54) is 41.6 Å². The minimum absolute atomic E-state index is 0.00527. The molecule has 0 spiro atoms. The monoisotopic (exact) mass is 582 g/mol. The summed E-state index contributed by atoms with van der Waals surface area (Å²) < 4.78 is 26.4. The second-order valence-electron chi connectivity index (χ2n) is 7.41. The Kier molecular flexibility index (Phi) is 10.2. The molecule has 1 saturated heterocycles. The number of carbonyl (C=O) groups is 3. The van der Waals surface area contributed by atoms with Gasteiger partial charge in [0.05, 0.1) is 5.56 Å². The van der Waals surface area contributed by atoms with Crippen LogP contribution in [-0.4, -0.2) is 51.4 Å².